The number of nitrogens with zero attached hydrogens (tertiary/aromatic N) is 4. The molecule has 0 aliphatic heterocycles. The predicted octanol–water partition coefficient (Wildman–Crippen LogP) is 12.1. The first-order chi connectivity index (χ1) is 25.7. The Bertz CT molecular complexity index is 2670. The average molecular weight is 669 g/mol. The lowest BCUT2D eigenvalue weighted by Crippen LogP contribution is -1.99. The lowest BCUT2D eigenvalue weighted by molar-refractivity contribution is 0.762. The van der Waals surface area contributed by atoms with Crippen molar-refractivity contribution in [2.75, 3.05) is 0 Å². The van der Waals surface area contributed by atoms with Gasteiger partial charge in [0.1, 0.15) is 12.1 Å². The van der Waals surface area contributed by atoms with Crippen molar-refractivity contribution in [3.05, 3.63) is 187 Å². The van der Waals surface area contributed by atoms with Gasteiger partial charge in [0.15, 0.2) is 0 Å². The Kier molecular flexibility index (Phi) is 8.80. The first kappa shape index (κ1) is 32.3. The number of hydrogen-bond acceptors (Lipinski definition) is 2. The molecule has 0 radical (unpaired) electrons. The molecule has 4 heteroatoms. The molecular weight excluding hydrogens is 633 g/mol. The maximum absolute atomic E-state index is 10.0. The average Bonchev–Trinajstić information content (AvgIpc) is 3.68. The van der Waals surface area contributed by atoms with Gasteiger partial charge in [-0.05, 0) is 71.5 Å². The van der Waals surface area contributed by atoms with Crippen molar-refractivity contribution < 1.29 is 0 Å². The molecule has 2 heterocycles. The summed E-state index contributed by atoms with van der Waals surface area (Å²) in [5.41, 5.74) is 10.6. The number of hydrogen-bond donors (Lipinski definition) is 0. The maximum Gasteiger partial charge on any atom is 0.101 e. The van der Waals surface area contributed by atoms with E-state index in [0.717, 1.165) is 41.7 Å². The Morgan fingerprint density at radius 3 is 1.87 bits per heavy atom. The van der Waals surface area contributed by atoms with Gasteiger partial charge in [-0.15, -0.1) is 0 Å². The molecule has 0 N–H and O–H groups in total. The normalized spacial score (nSPS) is 16.2. The van der Waals surface area contributed by atoms with Gasteiger partial charge < -0.3 is 9.13 Å². The van der Waals surface area contributed by atoms with Gasteiger partial charge in [0.05, 0.1) is 22.2 Å². The summed E-state index contributed by atoms with van der Waals surface area (Å²) in [6, 6.07) is 42.5. The molecule has 7 aromatic rings. The molecule has 1 aliphatic rings. The van der Waals surface area contributed by atoms with Crippen LogP contribution in [0.5, 0.6) is 0 Å². The van der Waals surface area contributed by atoms with Gasteiger partial charge >= 0.3 is 0 Å². The van der Waals surface area contributed by atoms with E-state index in [2.05, 4.69) is 161 Å². The summed E-state index contributed by atoms with van der Waals surface area (Å²) in [6.07, 6.45) is 19.2. The van der Waals surface area contributed by atoms with E-state index in [1.54, 1.807) is 6.08 Å². The van der Waals surface area contributed by atoms with E-state index < -0.39 is 0 Å². The van der Waals surface area contributed by atoms with Gasteiger partial charge in [0.2, 0.25) is 0 Å². The highest BCUT2D eigenvalue weighted by Gasteiger charge is 2.17. The molecule has 0 amide bonds. The standard InChI is InChI=1S/C48H36N4/c1-2-15-34(16-11-12-29-51-45-25-7-3-21-39(45)40-22-4-8-26-46(40)51)43-30-36(32-49)37(33-50)31-44(43)35-17-13-19-38(20-14-18-35)52-47-27-9-5-23-41(47)42-24-6-10-28-48(42)52/h2-11,13,15-18,20-28,30-31H,1,12,14,19,29H2/b16-11-,17-13-,34-15+,35-18+,38-20+. The zero-order valence-corrected chi connectivity index (χ0v) is 28.8. The smallest absolute Gasteiger partial charge is 0.101 e. The minimum absolute atomic E-state index is 0.360. The zero-order chi connectivity index (χ0) is 35.4. The van der Waals surface area contributed by atoms with Gasteiger partial charge in [-0.1, -0.05) is 128 Å². The van der Waals surface area contributed by atoms with Crippen LogP contribution in [0.3, 0.4) is 0 Å². The molecule has 52 heavy (non-hydrogen) atoms. The SMILES string of the molecule is C=C/C=C(\C=C/CCn1c2ccccc2c2ccccc21)c1cc(C#N)c(C#N)cc1C1=C/C/C=C(/n2c3ccccc3c3ccccc32)C/C=C\1. The number of rotatable bonds is 8. The van der Waals surface area contributed by atoms with Crippen LogP contribution in [0.1, 0.15) is 41.5 Å². The summed E-state index contributed by atoms with van der Waals surface area (Å²) in [7, 11) is 0. The number of aryl methyl sites for hydroxylation is 1. The molecule has 0 atom stereocenters. The summed E-state index contributed by atoms with van der Waals surface area (Å²) in [6.45, 7) is 4.84. The molecule has 248 valence electrons. The molecule has 1 aliphatic carbocycles. The second kappa shape index (κ2) is 14.2. The fourth-order valence-corrected chi connectivity index (χ4v) is 7.68. The van der Waals surface area contributed by atoms with E-state index in [-0.39, 0.29) is 0 Å². The van der Waals surface area contributed by atoms with Crippen molar-refractivity contribution in [2.45, 2.75) is 25.8 Å². The number of para-hydroxylation sites is 4. The van der Waals surface area contributed by atoms with Gasteiger partial charge in [-0.3, -0.25) is 0 Å². The van der Waals surface area contributed by atoms with Crippen molar-refractivity contribution >= 4 is 60.5 Å². The summed E-state index contributed by atoms with van der Waals surface area (Å²) >= 11 is 0. The molecule has 8 rings (SSSR count). The highest BCUT2D eigenvalue weighted by atomic mass is 15.0. The third kappa shape index (κ3) is 5.77. The van der Waals surface area contributed by atoms with E-state index >= 15 is 0 Å². The van der Waals surface area contributed by atoms with Crippen LogP contribution in [-0.4, -0.2) is 9.13 Å². The molecule has 2 aromatic heterocycles. The van der Waals surface area contributed by atoms with Crippen LogP contribution in [0, 0.1) is 22.7 Å². The molecule has 5 aromatic carbocycles. The van der Waals surface area contributed by atoms with Gasteiger partial charge in [0.25, 0.3) is 0 Å². The zero-order valence-electron chi connectivity index (χ0n) is 28.8. The molecule has 0 saturated heterocycles. The fourth-order valence-electron chi connectivity index (χ4n) is 7.68. The second-order valence-corrected chi connectivity index (χ2v) is 13.0. The largest absolute Gasteiger partial charge is 0.340 e. The van der Waals surface area contributed by atoms with E-state index in [4.69, 9.17) is 0 Å². The van der Waals surface area contributed by atoms with Crippen molar-refractivity contribution in [1.29, 1.82) is 10.5 Å². The number of nitriles is 2. The van der Waals surface area contributed by atoms with Crippen LogP contribution in [0.25, 0.3) is 60.5 Å². The topological polar surface area (TPSA) is 57.4 Å². The molecule has 0 unspecified atom stereocenters. The molecule has 0 bridgehead atoms. The Labute approximate surface area is 303 Å². The van der Waals surface area contributed by atoms with Crippen LogP contribution in [0.4, 0.5) is 0 Å². The van der Waals surface area contributed by atoms with E-state index in [9.17, 15) is 10.5 Å². The van der Waals surface area contributed by atoms with E-state index in [1.165, 1.54) is 49.3 Å². The maximum atomic E-state index is 10.0. The van der Waals surface area contributed by atoms with Crippen LogP contribution in [0.2, 0.25) is 0 Å². The van der Waals surface area contributed by atoms with Crippen LogP contribution in [-0.2, 0) is 6.54 Å². The predicted molar refractivity (Wildman–Crippen MR) is 217 cm³/mol. The quantitative estimate of drug-likeness (QED) is 0.151. The second-order valence-electron chi connectivity index (χ2n) is 13.0. The van der Waals surface area contributed by atoms with Crippen LogP contribution in [0.15, 0.2) is 164 Å². The minimum atomic E-state index is 0.360. The lowest BCUT2D eigenvalue weighted by Gasteiger charge is -2.16. The lowest BCUT2D eigenvalue weighted by atomic mass is 9.88. The number of allylic oxidation sites excluding steroid dienone is 11. The Balaban J connectivity index is 1.13. The highest BCUT2D eigenvalue weighted by Crippen LogP contribution is 2.36. The Hall–Kier alpha value is -6.88. The van der Waals surface area contributed by atoms with Gasteiger partial charge in [-0.2, -0.15) is 10.5 Å². The van der Waals surface area contributed by atoms with Gasteiger partial charge in [0, 0.05) is 51.2 Å². The van der Waals surface area contributed by atoms with Crippen LogP contribution < -0.4 is 0 Å². The fraction of sp³-hybridized carbons (Fsp3) is 0.0833. The third-order valence-electron chi connectivity index (χ3n) is 10.00. The number of aromatic nitrogens is 2. The highest BCUT2D eigenvalue weighted by molar-refractivity contribution is 6.10. The minimum Gasteiger partial charge on any atom is -0.340 e. The number of benzene rings is 5. The molecular formula is C48H36N4. The van der Waals surface area contributed by atoms with Crippen molar-refractivity contribution in [1.82, 2.24) is 9.13 Å². The molecule has 0 fully saturated rings. The van der Waals surface area contributed by atoms with Crippen molar-refractivity contribution in [3.63, 3.8) is 0 Å². The van der Waals surface area contributed by atoms with Crippen LogP contribution >= 0.6 is 0 Å². The summed E-state index contributed by atoms with van der Waals surface area (Å²) in [4.78, 5) is 0. The Morgan fingerprint density at radius 1 is 0.712 bits per heavy atom. The summed E-state index contributed by atoms with van der Waals surface area (Å²) in [5.74, 6) is 0. The summed E-state index contributed by atoms with van der Waals surface area (Å²) < 4.78 is 4.77. The molecule has 0 saturated carbocycles. The van der Waals surface area contributed by atoms with E-state index in [1.807, 2.05) is 18.2 Å². The first-order valence-electron chi connectivity index (χ1n) is 17.7. The molecule has 4 nitrogen and oxygen atoms in total. The monoisotopic (exact) mass is 668 g/mol. The van der Waals surface area contributed by atoms with Crippen molar-refractivity contribution in [3.8, 4) is 12.1 Å². The van der Waals surface area contributed by atoms with E-state index in [0.29, 0.717) is 17.5 Å². The van der Waals surface area contributed by atoms with Crippen molar-refractivity contribution in [2.24, 2.45) is 0 Å². The van der Waals surface area contributed by atoms with Gasteiger partial charge in [-0.25, -0.2) is 0 Å². The number of fused-ring (bicyclic) bond motifs is 6. The first-order valence-corrected chi connectivity index (χ1v) is 17.7. The third-order valence-corrected chi connectivity index (χ3v) is 10.00. The Morgan fingerprint density at radius 2 is 1.27 bits per heavy atom. The summed E-state index contributed by atoms with van der Waals surface area (Å²) in [5, 5.41) is 25.1. The molecule has 0 spiro atoms.